The van der Waals surface area contributed by atoms with Gasteiger partial charge in [0.1, 0.15) is 5.03 Å². The number of carbonyl (C=O) groups is 1. The van der Waals surface area contributed by atoms with Crippen LogP contribution in [0.3, 0.4) is 0 Å². The van der Waals surface area contributed by atoms with Crippen molar-refractivity contribution in [2.24, 2.45) is 16.7 Å². The molecule has 0 aromatic heterocycles. The van der Waals surface area contributed by atoms with Crippen LogP contribution in [0.5, 0.6) is 0 Å². The molecule has 2 atom stereocenters. The molecule has 2 nitrogen and oxygen atoms in total. The van der Waals surface area contributed by atoms with Gasteiger partial charge < -0.3 is 5.11 Å². The average molecular weight is 423 g/mol. The smallest absolute Gasteiger partial charge is 0.426 e. The summed E-state index contributed by atoms with van der Waals surface area (Å²) in [7, 11) is 0. The third kappa shape index (κ3) is 3.57. The number of rotatable bonds is 5. The summed E-state index contributed by atoms with van der Waals surface area (Å²) in [5, 5.41) is 8.74. The fourth-order valence-corrected chi connectivity index (χ4v) is 4.54. The highest BCUT2D eigenvalue weighted by molar-refractivity contribution is 6.30. The molecule has 1 saturated carbocycles. The van der Waals surface area contributed by atoms with E-state index in [0.29, 0.717) is 0 Å². The lowest BCUT2D eigenvalue weighted by Crippen LogP contribution is -2.25. The molecule has 1 fully saturated rings. The molecule has 0 unspecified atom stereocenters. The van der Waals surface area contributed by atoms with Crippen molar-refractivity contribution in [2.75, 3.05) is 0 Å². The van der Waals surface area contributed by atoms with Gasteiger partial charge in [-0.05, 0) is 41.0 Å². The molecule has 2 aromatic carbocycles. The van der Waals surface area contributed by atoms with E-state index in [4.69, 9.17) is 11.6 Å². The molecule has 2 aromatic rings. The number of hydrogen-bond acceptors (Lipinski definition) is 1. The average Bonchev–Trinajstić information content (AvgIpc) is 3.11. The third-order valence-corrected chi connectivity index (χ3v) is 6.68. The summed E-state index contributed by atoms with van der Waals surface area (Å²) < 4.78 is 38.8. The fraction of sp³-hybridized carbons (Fsp3) is 0.348. The molecular formula is C23H22ClF3O2. The molecule has 0 heterocycles. The fourth-order valence-electron chi connectivity index (χ4n) is 4.41. The molecule has 0 spiro atoms. The van der Waals surface area contributed by atoms with E-state index in [9.17, 15) is 23.1 Å². The first kappa shape index (κ1) is 21.4. The van der Waals surface area contributed by atoms with Crippen LogP contribution in [-0.2, 0) is 11.2 Å². The van der Waals surface area contributed by atoms with Gasteiger partial charge >= 0.3 is 12.1 Å². The lowest BCUT2D eigenvalue weighted by atomic mass is 9.85. The van der Waals surface area contributed by atoms with Crippen LogP contribution in [0.25, 0.3) is 11.1 Å². The largest absolute Gasteiger partial charge is 0.481 e. The molecule has 1 N–H and O–H groups in total. The van der Waals surface area contributed by atoms with Gasteiger partial charge in [0.05, 0.1) is 5.41 Å². The van der Waals surface area contributed by atoms with Crippen molar-refractivity contribution in [3.63, 3.8) is 0 Å². The van der Waals surface area contributed by atoms with Gasteiger partial charge in [-0.3, -0.25) is 4.79 Å². The van der Waals surface area contributed by atoms with Crippen LogP contribution in [0.15, 0.2) is 59.6 Å². The summed E-state index contributed by atoms with van der Waals surface area (Å²) in [6.07, 6.45) is -3.69. The van der Waals surface area contributed by atoms with Gasteiger partial charge in [0.15, 0.2) is 0 Å². The Bertz CT molecular complexity index is 964. The standard InChI is InChI=1S/C23H22ClF3O2/c1-14-16(10-7-11-17(14)15-8-5-4-6-9-15)13-22(20(28)29)18(21(22,2)3)12-19(24)23(25,26)27/h4-12,18H,13H2,1-3H3,(H,28,29)/b19-12+/t18-,22+/m0/s1. The molecule has 1 aliphatic rings. The highest BCUT2D eigenvalue weighted by Gasteiger charge is 2.74. The Kier molecular flexibility index (Phi) is 5.33. The first-order chi connectivity index (χ1) is 13.4. The zero-order valence-corrected chi connectivity index (χ0v) is 17.1. The molecule has 29 heavy (non-hydrogen) atoms. The number of halogens is 4. The lowest BCUT2D eigenvalue weighted by Gasteiger charge is -2.19. The third-order valence-electron chi connectivity index (χ3n) is 6.34. The van der Waals surface area contributed by atoms with E-state index in [1.165, 1.54) is 0 Å². The highest BCUT2D eigenvalue weighted by atomic mass is 35.5. The van der Waals surface area contributed by atoms with Gasteiger partial charge in [0.2, 0.25) is 0 Å². The van der Waals surface area contributed by atoms with Crippen LogP contribution < -0.4 is 0 Å². The molecule has 0 amide bonds. The molecule has 0 aliphatic heterocycles. The van der Waals surface area contributed by atoms with Gasteiger partial charge in [0.25, 0.3) is 0 Å². The van der Waals surface area contributed by atoms with Crippen molar-refractivity contribution in [3.05, 3.63) is 70.8 Å². The Labute approximate surface area is 173 Å². The summed E-state index contributed by atoms with van der Waals surface area (Å²) in [5.41, 5.74) is 1.50. The molecule has 6 heteroatoms. The van der Waals surface area contributed by atoms with E-state index in [1.807, 2.05) is 55.5 Å². The summed E-state index contributed by atoms with van der Waals surface area (Å²) in [6.45, 7) is 5.27. The van der Waals surface area contributed by atoms with Crippen molar-refractivity contribution < 1.29 is 23.1 Å². The van der Waals surface area contributed by atoms with Crippen molar-refractivity contribution in [1.82, 2.24) is 0 Å². The number of allylic oxidation sites excluding steroid dienone is 2. The lowest BCUT2D eigenvalue weighted by molar-refractivity contribution is -0.145. The molecule has 3 rings (SSSR count). The van der Waals surface area contributed by atoms with E-state index in [-0.39, 0.29) is 6.42 Å². The first-order valence-electron chi connectivity index (χ1n) is 9.24. The topological polar surface area (TPSA) is 37.3 Å². The Hall–Kier alpha value is -2.27. The van der Waals surface area contributed by atoms with Crippen LogP contribution in [0.1, 0.15) is 25.0 Å². The normalized spacial score (nSPS) is 23.7. The van der Waals surface area contributed by atoms with Gasteiger partial charge in [-0.2, -0.15) is 13.2 Å². The van der Waals surface area contributed by atoms with Crippen molar-refractivity contribution >= 4 is 17.6 Å². The molecule has 0 saturated heterocycles. The number of aliphatic carboxylic acids is 1. The molecule has 154 valence electrons. The highest BCUT2D eigenvalue weighted by Crippen LogP contribution is 2.71. The Balaban J connectivity index is 2.02. The Morgan fingerprint density at radius 1 is 1.14 bits per heavy atom. The van der Waals surface area contributed by atoms with E-state index in [2.05, 4.69) is 0 Å². The maximum atomic E-state index is 12.9. The number of alkyl halides is 3. The molecule has 0 bridgehead atoms. The molecule has 1 aliphatic carbocycles. The minimum Gasteiger partial charge on any atom is -0.481 e. The number of carboxylic acid groups (broad SMARTS) is 1. The summed E-state index contributed by atoms with van der Waals surface area (Å²) in [4.78, 5) is 12.3. The second-order valence-electron chi connectivity index (χ2n) is 8.12. The zero-order chi connectivity index (χ0) is 21.6. The van der Waals surface area contributed by atoms with Crippen LogP contribution >= 0.6 is 11.6 Å². The summed E-state index contributed by atoms with van der Waals surface area (Å²) in [5.74, 6) is -1.93. The summed E-state index contributed by atoms with van der Waals surface area (Å²) in [6, 6.07) is 15.3. The predicted molar refractivity (Wildman–Crippen MR) is 108 cm³/mol. The monoisotopic (exact) mass is 422 g/mol. The Morgan fingerprint density at radius 3 is 2.31 bits per heavy atom. The first-order valence-corrected chi connectivity index (χ1v) is 9.62. The van der Waals surface area contributed by atoms with Crippen LogP contribution in [0, 0.1) is 23.7 Å². The van der Waals surface area contributed by atoms with E-state index in [0.717, 1.165) is 28.3 Å². The maximum absolute atomic E-state index is 12.9. The number of hydrogen-bond donors (Lipinski definition) is 1. The number of carboxylic acids is 1. The second-order valence-corrected chi connectivity index (χ2v) is 8.53. The van der Waals surface area contributed by atoms with Crippen molar-refractivity contribution in [3.8, 4) is 11.1 Å². The minimum atomic E-state index is -4.69. The van der Waals surface area contributed by atoms with Crippen LogP contribution in [-0.4, -0.2) is 17.3 Å². The van der Waals surface area contributed by atoms with Crippen molar-refractivity contribution in [1.29, 1.82) is 0 Å². The molecule has 0 radical (unpaired) electrons. The van der Waals surface area contributed by atoms with Gasteiger partial charge in [-0.15, -0.1) is 0 Å². The summed E-state index contributed by atoms with van der Waals surface area (Å²) >= 11 is 5.43. The SMILES string of the molecule is Cc1c(C[C@]2(C(=O)O)[C@@H](/C=C(/Cl)C(F)(F)F)C2(C)C)cccc1-c1ccccc1. The zero-order valence-electron chi connectivity index (χ0n) is 16.3. The van der Waals surface area contributed by atoms with E-state index < -0.39 is 33.9 Å². The number of benzene rings is 2. The predicted octanol–water partition coefficient (Wildman–Crippen LogP) is 6.62. The quantitative estimate of drug-likeness (QED) is 0.588. The van der Waals surface area contributed by atoms with Crippen LogP contribution in [0.2, 0.25) is 0 Å². The minimum absolute atomic E-state index is 0.130. The van der Waals surface area contributed by atoms with Crippen LogP contribution in [0.4, 0.5) is 13.2 Å². The maximum Gasteiger partial charge on any atom is 0.426 e. The van der Waals surface area contributed by atoms with Crippen molar-refractivity contribution in [2.45, 2.75) is 33.4 Å². The van der Waals surface area contributed by atoms with Gasteiger partial charge in [0, 0.05) is 5.92 Å². The van der Waals surface area contributed by atoms with E-state index in [1.54, 1.807) is 13.8 Å². The molecular weight excluding hydrogens is 401 g/mol. The van der Waals surface area contributed by atoms with E-state index >= 15 is 0 Å². The Morgan fingerprint density at radius 2 is 1.76 bits per heavy atom. The van der Waals surface area contributed by atoms with Gasteiger partial charge in [-0.1, -0.05) is 80.1 Å². The van der Waals surface area contributed by atoms with Gasteiger partial charge in [-0.25, -0.2) is 0 Å². The second kappa shape index (κ2) is 7.21.